The molecule has 0 saturated carbocycles. The zero-order valence-electron chi connectivity index (χ0n) is 18.2. The Kier molecular flexibility index (Phi) is 6.95. The summed E-state index contributed by atoms with van der Waals surface area (Å²) < 4.78 is 26.8. The normalized spacial score (nSPS) is 12.4. The predicted molar refractivity (Wildman–Crippen MR) is 133 cm³/mol. The maximum absolute atomic E-state index is 12.8. The molecular weight excluding hydrogens is 474 g/mol. The first-order chi connectivity index (χ1) is 16.2. The van der Waals surface area contributed by atoms with Crippen molar-refractivity contribution in [2.75, 3.05) is 11.9 Å². The van der Waals surface area contributed by atoms with Crippen LogP contribution in [-0.4, -0.2) is 37.1 Å². The summed E-state index contributed by atoms with van der Waals surface area (Å²) in [5, 5.41) is 14.6. The molecule has 9 heteroatoms. The molecule has 0 aliphatic rings. The third-order valence-corrected chi connectivity index (χ3v) is 6.92. The quantitative estimate of drug-likeness (QED) is 0.350. The van der Waals surface area contributed by atoms with E-state index in [0.29, 0.717) is 22.0 Å². The van der Waals surface area contributed by atoms with Gasteiger partial charge in [0.05, 0.1) is 21.7 Å². The largest absolute Gasteiger partial charge is 0.392 e. The average molecular weight is 496 g/mol. The van der Waals surface area contributed by atoms with Crippen molar-refractivity contribution < 1.29 is 18.3 Å². The summed E-state index contributed by atoms with van der Waals surface area (Å²) in [5.41, 5.74) is 2.20. The molecule has 1 amide bonds. The molecule has 0 aliphatic heterocycles. The standard InChI is InChI=1S/C25H22ClN3O4S/c1-16(30)15-28-34(32,33)20-9-6-18(7-10-20)25(31)29-19-8-11-23(26)22(14-19)24-21-5-3-2-4-17(21)12-13-27-24/h2-14,16,28,30H,15H2,1H3,(H,29,31)/t16-/m1/s1. The monoisotopic (exact) mass is 495 g/mol. The van der Waals surface area contributed by atoms with Gasteiger partial charge in [-0.3, -0.25) is 9.78 Å². The molecule has 1 heterocycles. The number of nitrogens with zero attached hydrogens (tertiary/aromatic N) is 1. The lowest BCUT2D eigenvalue weighted by Crippen LogP contribution is -2.30. The van der Waals surface area contributed by atoms with E-state index in [0.717, 1.165) is 10.8 Å². The van der Waals surface area contributed by atoms with Gasteiger partial charge in [0.2, 0.25) is 10.0 Å². The Bertz CT molecular complexity index is 1450. The number of hydrogen-bond donors (Lipinski definition) is 3. The molecule has 1 aromatic heterocycles. The van der Waals surface area contributed by atoms with E-state index in [1.807, 2.05) is 30.3 Å². The molecule has 34 heavy (non-hydrogen) atoms. The molecule has 4 aromatic rings. The molecule has 7 nitrogen and oxygen atoms in total. The Hall–Kier alpha value is -3.30. The van der Waals surface area contributed by atoms with Crippen LogP contribution in [0.25, 0.3) is 22.0 Å². The maximum Gasteiger partial charge on any atom is 0.255 e. The lowest BCUT2D eigenvalue weighted by atomic mass is 10.0. The number of anilines is 1. The topological polar surface area (TPSA) is 108 Å². The number of benzene rings is 3. The number of halogens is 1. The van der Waals surface area contributed by atoms with E-state index in [4.69, 9.17) is 11.6 Å². The van der Waals surface area contributed by atoms with Crippen molar-refractivity contribution in [3.05, 3.63) is 89.6 Å². The molecule has 3 aromatic carbocycles. The first-order valence-corrected chi connectivity index (χ1v) is 12.3. The van der Waals surface area contributed by atoms with Gasteiger partial charge >= 0.3 is 0 Å². The van der Waals surface area contributed by atoms with Gasteiger partial charge < -0.3 is 10.4 Å². The number of fused-ring (bicyclic) bond motifs is 1. The number of sulfonamides is 1. The number of aliphatic hydroxyl groups is 1. The van der Waals surface area contributed by atoms with E-state index in [-0.39, 0.29) is 17.0 Å². The van der Waals surface area contributed by atoms with Crippen molar-refractivity contribution >= 4 is 44.0 Å². The van der Waals surface area contributed by atoms with Crippen molar-refractivity contribution in [2.45, 2.75) is 17.9 Å². The number of aromatic nitrogens is 1. The van der Waals surface area contributed by atoms with Crippen molar-refractivity contribution in [1.82, 2.24) is 9.71 Å². The first-order valence-electron chi connectivity index (χ1n) is 10.5. The van der Waals surface area contributed by atoms with Crippen LogP contribution in [-0.2, 0) is 10.0 Å². The Balaban J connectivity index is 1.56. The van der Waals surface area contributed by atoms with Gasteiger partial charge in [0.25, 0.3) is 5.91 Å². The van der Waals surface area contributed by atoms with Crippen LogP contribution < -0.4 is 10.0 Å². The highest BCUT2D eigenvalue weighted by molar-refractivity contribution is 7.89. The predicted octanol–water partition coefficient (Wildman–Crippen LogP) is 4.47. The van der Waals surface area contributed by atoms with Gasteiger partial charge in [-0.15, -0.1) is 0 Å². The van der Waals surface area contributed by atoms with Crippen LogP contribution in [0.2, 0.25) is 5.02 Å². The molecule has 0 saturated heterocycles. The van der Waals surface area contributed by atoms with Crippen molar-refractivity contribution in [3.63, 3.8) is 0 Å². The molecule has 1 atom stereocenters. The zero-order chi connectivity index (χ0) is 24.3. The number of amides is 1. The van der Waals surface area contributed by atoms with Crippen LogP contribution in [0.3, 0.4) is 0 Å². The summed E-state index contributed by atoms with van der Waals surface area (Å²) in [7, 11) is -3.78. The second-order valence-corrected chi connectivity index (χ2v) is 9.93. The molecule has 0 radical (unpaired) electrons. The smallest absolute Gasteiger partial charge is 0.255 e. The number of rotatable bonds is 7. The number of aliphatic hydroxyl groups excluding tert-OH is 1. The summed E-state index contributed by atoms with van der Waals surface area (Å²) in [4.78, 5) is 17.3. The third-order valence-electron chi connectivity index (χ3n) is 5.15. The van der Waals surface area contributed by atoms with E-state index in [1.165, 1.54) is 31.2 Å². The summed E-state index contributed by atoms with van der Waals surface area (Å²) >= 11 is 6.46. The highest BCUT2D eigenvalue weighted by Gasteiger charge is 2.16. The van der Waals surface area contributed by atoms with E-state index in [9.17, 15) is 18.3 Å². The first kappa shape index (κ1) is 23.8. The molecular formula is C25H22ClN3O4S. The summed E-state index contributed by atoms with van der Waals surface area (Å²) in [5.74, 6) is -0.403. The molecule has 0 spiro atoms. The molecule has 0 unspecified atom stereocenters. The fraction of sp³-hybridized carbons (Fsp3) is 0.120. The van der Waals surface area contributed by atoms with Crippen LogP contribution in [0.5, 0.6) is 0 Å². The minimum atomic E-state index is -3.78. The van der Waals surface area contributed by atoms with Crippen LogP contribution in [0.4, 0.5) is 5.69 Å². The Morgan fingerprint density at radius 1 is 1.06 bits per heavy atom. The lowest BCUT2D eigenvalue weighted by Gasteiger charge is -2.12. The second kappa shape index (κ2) is 9.90. The van der Waals surface area contributed by atoms with Crippen molar-refractivity contribution in [1.29, 1.82) is 0 Å². The Labute approximate surface area is 202 Å². The molecule has 0 aliphatic carbocycles. The number of carbonyl (C=O) groups is 1. The van der Waals surface area contributed by atoms with Crippen LogP contribution >= 0.6 is 11.6 Å². The Morgan fingerprint density at radius 2 is 1.79 bits per heavy atom. The van der Waals surface area contributed by atoms with Gasteiger partial charge in [-0.1, -0.05) is 35.9 Å². The van der Waals surface area contributed by atoms with E-state index < -0.39 is 22.0 Å². The number of hydrogen-bond acceptors (Lipinski definition) is 5. The lowest BCUT2D eigenvalue weighted by molar-refractivity contribution is 0.102. The minimum Gasteiger partial charge on any atom is -0.392 e. The van der Waals surface area contributed by atoms with Crippen LogP contribution in [0, 0.1) is 0 Å². The number of pyridine rings is 1. The average Bonchev–Trinajstić information content (AvgIpc) is 2.84. The molecule has 0 fully saturated rings. The van der Waals surface area contributed by atoms with Crippen molar-refractivity contribution in [2.24, 2.45) is 0 Å². The summed E-state index contributed by atoms with van der Waals surface area (Å²) in [6.07, 6.45) is 0.901. The van der Waals surface area contributed by atoms with Crippen LogP contribution in [0.15, 0.2) is 83.9 Å². The highest BCUT2D eigenvalue weighted by atomic mass is 35.5. The molecule has 3 N–H and O–H groups in total. The van der Waals surface area contributed by atoms with Gasteiger partial charge in [0.15, 0.2) is 0 Å². The number of nitrogens with one attached hydrogen (secondary N) is 2. The molecule has 174 valence electrons. The van der Waals surface area contributed by atoms with E-state index in [1.54, 1.807) is 24.4 Å². The molecule has 0 bridgehead atoms. The fourth-order valence-electron chi connectivity index (χ4n) is 3.42. The summed E-state index contributed by atoms with van der Waals surface area (Å²) in [6, 6.07) is 20.4. The number of carbonyl (C=O) groups excluding carboxylic acids is 1. The minimum absolute atomic E-state index is 0.000472. The SMILES string of the molecule is C[C@@H](O)CNS(=O)(=O)c1ccc(C(=O)Nc2ccc(Cl)c(-c3nccc4ccccc34)c2)cc1. The zero-order valence-corrected chi connectivity index (χ0v) is 19.8. The van der Waals surface area contributed by atoms with E-state index >= 15 is 0 Å². The van der Waals surface area contributed by atoms with Gasteiger partial charge in [-0.25, -0.2) is 13.1 Å². The highest BCUT2D eigenvalue weighted by Crippen LogP contribution is 2.33. The fourth-order valence-corrected chi connectivity index (χ4v) is 4.75. The maximum atomic E-state index is 12.8. The van der Waals surface area contributed by atoms with E-state index in [2.05, 4.69) is 15.0 Å². The van der Waals surface area contributed by atoms with Gasteiger partial charge in [0.1, 0.15) is 0 Å². The molecule has 4 rings (SSSR count). The Morgan fingerprint density at radius 3 is 2.53 bits per heavy atom. The van der Waals surface area contributed by atoms with Gasteiger partial charge in [0, 0.05) is 34.9 Å². The van der Waals surface area contributed by atoms with Gasteiger partial charge in [-0.2, -0.15) is 0 Å². The van der Waals surface area contributed by atoms with Crippen molar-refractivity contribution in [3.8, 4) is 11.3 Å². The van der Waals surface area contributed by atoms with Crippen LogP contribution in [0.1, 0.15) is 17.3 Å². The second-order valence-electron chi connectivity index (χ2n) is 7.75. The third kappa shape index (κ3) is 5.26. The summed E-state index contributed by atoms with van der Waals surface area (Å²) in [6.45, 7) is 1.38. The van der Waals surface area contributed by atoms with Gasteiger partial charge in [-0.05, 0) is 60.8 Å².